The Hall–Kier alpha value is -3.92. The molecule has 11 heteroatoms. The van der Waals surface area contributed by atoms with Crippen LogP contribution in [-0.2, 0) is 35.5 Å². The Balaban J connectivity index is 0.00000461. The summed E-state index contributed by atoms with van der Waals surface area (Å²) in [5, 5.41) is 40.4. The summed E-state index contributed by atoms with van der Waals surface area (Å²) in [6.07, 6.45) is -1.32. The van der Waals surface area contributed by atoms with Crippen molar-refractivity contribution in [2.24, 2.45) is 0 Å². The molecule has 8 bridgehead atoms. The molecular weight excluding hydrogens is 626 g/mol. The van der Waals surface area contributed by atoms with Crippen LogP contribution in [0.2, 0.25) is 0 Å². The van der Waals surface area contributed by atoms with Crippen molar-refractivity contribution in [3.8, 4) is 0 Å². The van der Waals surface area contributed by atoms with Gasteiger partial charge >= 0.3 is 31.4 Å². The van der Waals surface area contributed by atoms with Gasteiger partial charge in [0.25, 0.3) is 0 Å². The maximum absolute atomic E-state index is 11.5. The predicted octanol–water partition coefficient (Wildman–Crippen LogP) is 5.36. The van der Waals surface area contributed by atoms with E-state index in [1.165, 1.54) is 0 Å². The summed E-state index contributed by atoms with van der Waals surface area (Å²) >= 11 is 0. The predicted molar refractivity (Wildman–Crippen MR) is 169 cm³/mol. The molecule has 0 aromatic carbocycles. The normalized spacial score (nSPS) is 14.4. The fourth-order valence-electron chi connectivity index (χ4n) is 6.15. The molecule has 0 saturated heterocycles. The number of carbonyl (C=O) groups is 2. The Bertz CT molecular complexity index is 1930. The van der Waals surface area contributed by atoms with E-state index in [0.717, 1.165) is 33.4 Å². The van der Waals surface area contributed by atoms with Gasteiger partial charge in [0.2, 0.25) is 0 Å². The van der Waals surface area contributed by atoms with Gasteiger partial charge in [-0.05, 0) is 76.7 Å². The molecular formula is C34H36N4O6Zn. The van der Waals surface area contributed by atoms with Crippen molar-refractivity contribution < 1.29 is 49.5 Å². The van der Waals surface area contributed by atoms with Crippen LogP contribution in [0.15, 0.2) is 24.3 Å². The number of carboxylic acid groups (broad SMARTS) is 2. The summed E-state index contributed by atoms with van der Waals surface area (Å²) in [7, 11) is 0. The molecule has 0 spiro atoms. The number of nitrogens with zero attached hydrogens (tertiary/aromatic N) is 4. The van der Waals surface area contributed by atoms with Crippen LogP contribution in [0.3, 0.4) is 0 Å². The molecule has 0 radical (unpaired) electrons. The van der Waals surface area contributed by atoms with Gasteiger partial charge in [0.15, 0.2) is 0 Å². The van der Waals surface area contributed by atoms with Crippen LogP contribution in [-0.4, -0.2) is 48.4 Å². The topological polar surface area (TPSA) is 169 Å². The van der Waals surface area contributed by atoms with E-state index in [4.69, 9.17) is 19.9 Å². The minimum Gasteiger partial charge on any atom is -0.657 e. The molecule has 10 nitrogen and oxygen atoms in total. The molecule has 5 heterocycles. The van der Waals surface area contributed by atoms with Gasteiger partial charge in [0.05, 0.1) is 35.0 Å². The Morgan fingerprint density at radius 1 is 0.689 bits per heavy atom. The van der Waals surface area contributed by atoms with Crippen molar-refractivity contribution in [1.82, 2.24) is 19.9 Å². The number of aromatic nitrogens is 4. The van der Waals surface area contributed by atoms with Crippen LogP contribution in [0.4, 0.5) is 0 Å². The van der Waals surface area contributed by atoms with E-state index in [1.54, 1.807) is 26.0 Å². The van der Waals surface area contributed by atoms with Gasteiger partial charge in [0.1, 0.15) is 0 Å². The monoisotopic (exact) mass is 660 g/mol. The van der Waals surface area contributed by atoms with Crippen molar-refractivity contribution in [3.63, 3.8) is 0 Å². The van der Waals surface area contributed by atoms with E-state index in [9.17, 15) is 30.0 Å². The second-order valence-corrected chi connectivity index (χ2v) is 11.5. The van der Waals surface area contributed by atoms with Crippen molar-refractivity contribution in [1.29, 1.82) is 0 Å². The molecule has 3 aromatic heterocycles. The first kappa shape index (κ1) is 34.0. The number of aliphatic hydroxyl groups excluding tert-OH is 2. The van der Waals surface area contributed by atoms with Gasteiger partial charge in [0, 0.05) is 18.4 Å². The van der Waals surface area contributed by atoms with Crippen molar-refractivity contribution >= 4 is 56.3 Å². The van der Waals surface area contributed by atoms with Gasteiger partial charge in [-0.1, -0.05) is 41.0 Å². The maximum Gasteiger partial charge on any atom is 2.00 e. The van der Waals surface area contributed by atoms with Gasteiger partial charge < -0.3 is 30.4 Å². The molecule has 5 rings (SSSR count). The Kier molecular flexibility index (Phi) is 9.97. The van der Waals surface area contributed by atoms with Crippen LogP contribution < -0.4 is 9.97 Å². The number of rotatable bonds is 8. The third-order valence-corrected chi connectivity index (χ3v) is 8.49. The molecule has 0 aliphatic carbocycles. The number of aliphatic carboxylic acids is 2. The second-order valence-electron chi connectivity index (χ2n) is 11.5. The first-order chi connectivity index (χ1) is 20.8. The number of hydrogen-bond acceptors (Lipinski definition) is 6. The van der Waals surface area contributed by atoms with Crippen LogP contribution >= 0.6 is 0 Å². The van der Waals surface area contributed by atoms with Crippen molar-refractivity contribution in [3.05, 3.63) is 69.3 Å². The quantitative estimate of drug-likeness (QED) is 0.230. The van der Waals surface area contributed by atoms with E-state index in [2.05, 4.69) is 0 Å². The van der Waals surface area contributed by atoms with E-state index < -0.39 is 24.1 Å². The number of allylic oxidation sites excluding steroid dienone is 3. The molecule has 2 atom stereocenters. The maximum atomic E-state index is 11.5. The molecule has 4 N–H and O–H groups in total. The van der Waals surface area contributed by atoms with E-state index in [0.29, 0.717) is 56.0 Å². The Morgan fingerprint density at radius 2 is 1.20 bits per heavy atom. The average Bonchev–Trinajstić information content (AvgIpc) is 3.59. The van der Waals surface area contributed by atoms with E-state index in [1.807, 2.05) is 39.8 Å². The summed E-state index contributed by atoms with van der Waals surface area (Å²) in [4.78, 5) is 42.6. The van der Waals surface area contributed by atoms with Crippen LogP contribution in [0.1, 0.15) is 98.1 Å². The summed E-state index contributed by atoms with van der Waals surface area (Å²) < 4.78 is 0. The summed E-state index contributed by atoms with van der Waals surface area (Å²) in [5.74, 6) is -1.86. The second kappa shape index (κ2) is 13.2. The molecule has 230 valence electrons. The molecule has 2 aliphatic rings. The van der Waals surface area contributed by atoms with Crippen molar-refractivity contribution in [2.45, 2.75) is 79.4 Å². The smallest absolute Gasteiger partial charge is 0.657 e. The number of carboxylic acids is 2. The van der Waals surface area contributed by atoms with Gasteiger partial charge in [-0.3, -0.25) is 9.59 Å². The average molecular weight is 662 g/mol. The Labute approximate surface area is 273 Å². The molecule has 0 saturated carbocycles. The zero-order valence-electron chi connectivity index (χ0n) is 26.4. The molecule has 0 fully saturated rings. The van der Waals surface area contributed by atoms with Crippen LogP contribution in [0.5, 0.6) is 0 Å². The molecule has 0 amide bonds. The molecule has 3 aromatic rings. The summed E-state index contributed by atoms with van der Waals surface area (Å²) in [5.41, 5.74) is 10.6. The number of hydrogen-bond donors (Lipinski definition) is 4. The molecule has 2 aliphatic heterocycles. The van der Waals surface area contributed by atoms with Gasteiger partial charge in [-0.15, -0.1) is 22.1 Å². The zero-order chi connectivity index (χ0) is 32.0. The van der Waals surface area contributed by atoms with E-state index >= 15 is 0 Å². The first-order valence-corrected chi connectivity index (χ1v) is 14.6. The minimum atomic E-state index is -0.931. The number of aliphatic hydroxyl groups is 2. The number of fused-ring (bicyclic) bond motifs is 8. The van der Waals surface area contributed by atoms with Crippen LogP contribution in [0, 0.1) is 13.8 Å². The largest absolute Gasteiger partial charge is 2.00 e. The van der Waals surface area contributed by atoms with Gasteiger partial charge in [-0.25, -0.2) is 9.97 Å². The third kappa shape index (κ3) is 6.57. The van der Waals surface area contributed by atoms with E-state index in [-0.39, 0.29) is 45.2 Å². The fraction of sp³-hybridized carbons (Fsp3) is 0.353. The van der Waals surface area contributed by atoms with Crippen molar-refractivity contribution in [2.75, 3.05) is 0 Å². The SMILES string of the molecule is CC1=C(CCC(=O)O)c2cc3[n-]c(cc4nc(cc5[n-]c(cc1n2)c(C)c5C(C)O)C(C)=C4C(C)O)c(C)c3CCC(=O)O.[Zn+2]. The zero-order valence-corrected chi connectivity index (χ0v) is 29.4. The molecule has 45 heavy (non-hydrogen) atoms. The first-order valence-electron chi connectivity index (χ1n) is 14.6. The minimum absolute atomic E-state index is 0. The Morgan fingerprint density at radius 3 is 1.82 bits per heavy atom. The fourth-order valence-corrected chi connectivity index (χ4v) is 6.15. The summed E-state index contributed by atoms with van der Waals surface area (Å²) in [6, 6.07) is 7.25. The summed E-state index contributed by atoms with van der Waals surface area (Å²) in [6.45, 7) is 10.9. The standard InChI is InChI=1S/C34H38N4O6.Zn/c1-15-21(7-9-31(41)42)27-14-28-22(8-10-32(43)44)16(2)24(36-28)12-29-34(20(6)40)18(4)26(38-29)13-30-33(19(5)39)17(3)25(37-30)11-23(15)35-27;/h11-14,19-20,39-40H,7-10H2,1-6H3,(H4,35,36,37,38,41,42,43,44);/q;+2/p-2. The van der Waals surface area contributed by atoms with Gasteiger partial charge in [-0.2, -0.15) is 0 Å². The third-order valence-electron chi connectivity index (χ3n) is 8.49. The van der Waals surface area contributed by atoms with Crippen LogP contribution in [0.25, 0.3) is 44.4 Å². The number of aryl methyl sites for hydroxylation is 3. The molecule has 2 unspecified atom stereocenters.